The fourth-order valence-electron chi connectivity index (χ4n) is 4.47. The fourth-order valence-corrected chi connectivity index (χ4v) is 5.31. The standard InChI is InChI=1S/C22H19N3O2S.C11H8O3/c1-16-5-12-21(28-16)20(26)11-6-17-14-24(15-23-17)18-7-9-19(10-8-18)25-13-3-2-4-22(25)27;12-10-8-4-2-1-3-7(8)5-6-9(10)11(13)14/h2-5,7-10,12-15H,6,11H2,1H3;1-6,12H,(H,13,14). The van der Waals surface area contributed by atoms with Gasteiger partial charge in [0.1, 0.15) is 17.6 Å². The number of aryl methyl sites for hydroxylation is 2. The summed E-state index contributed by atoms with van der Waals surface area (Å²) >= 11 is 1.54. The number of ketones is 1. The quantitative estimate of drug-likeness (QED) is 0.199. The molecule has 0 aliphatic carbocycles. The number of Topliss-reactive ketones (excluding diaryl/α,β-unsaturated/α-hetero) is 1. The number of nitrogens with zero attached hydrogens (tertiary/aromatic N) is 2. The van der Waals surface area contributed by atoms with Crippen LogP contribution in [0.5, 0.6) is 5.75 Å². The molecule has 9 heteroatoms. The predicted octanol–water partition coefficient (Wildman–Crippen LogP) is 5.24. The molecule has 0 amide bonds. The summed E-state index contributed by atoms with van der Waals surface area (Å²) in [5.41, 5.74) is 2.57. The smallest absolute Gasteiger partial charge is 0.335 e. The number of thiophene rings is 1. The van der Waals surface area contributed by atoms with Gasteiger partial charge in [0.05, 0.1) is 10.4 Å². The molecule has 0 aliphatic heterocycles. The Kier molecular flexibility index (Phi) is 8.40. The van der Waals surface area contributed by atoms with Crippen LogP contribution in [0.3, 0.4) is 0 Å². The molecular weight excluding hydrogens is 550 g/mol. The number of rotatable bonds is 7. The topological polar surface area (TPSA) is 119 Å². The molecule has 3 aromatic carbocycles. The van der Waals surface area contributed by atoms with E-state index in [1.807, 2.05) is 72.5 Å². The molecule has 0 aliphatic rings. The second-order valence-electron chi connectivity index (χ2n) is 9.56. The Morgan fingerprint density at radius 2 is 1.71 bits per heavy atom. The molecule has 2 N–H and O–H groups in total. The number of nitrogens with one attached hydrogen (secondary N) is 1. The van der Waals surface area contributed by atoms with Gasteiger partial charge in [0.2, 0.25) is 6.33 Å². The maximum absolute atomic E-state index is 12.3. The second kappa shape index (κ2) is 12.5. The van der Waals surface area contributed by atoms with Gasteiger partial charge in [-0.2, -0.15) is 0 Å². The second-order valence-corrected chi connectivity index (χ2v) is 10.9. The SMILES string of the molecule is Cc1ccc(C(=O)CCc2c[n+](-c3ccc(-n4ccccc4=O)cc3)c[nH]2)s1.O=C(O)c1ccc2ccccc2c1[O-]. The molecule has 8 nitrogen and oxygen atoms in total. The van der Waals surface area contributed by atoms with Crippen molar-refractivity contribution in [2.45, 2.75) is 19.8 Å². The Morgan fingerprint density at radius 1 is 0.952 bits per heavy atom. The maximum atomic E-state index is 12.3. The third-order valence-electron chi connectivity index (χ3n) is 6.68. The van der Waals surface area contributed by atoms with Gasteiger partial charge in [0.25, 0.3) is 5.56 Å². The molecule has 0 atom stereocenters. The van der Waals surface area contributed by atoms with Crippen LogP contribution in [-0.4, -0.2) is 26.4 Å². The van der Waals surface area contributed by atoms with Crippen molar-refractivity contribution >= 4 is 33.9 Å². The first kappa shape index (κ1) is 28.3. The van der Waals surface area contributed by atoms with Gasteiger partial charge in [0, 0.05) is 35.7 Å². The van der Waals surface area contributed by atoms with Crippen LogP contribution >= 0.6 is 11.3 Å². The lowest BCUT2D eigenvalue weighted by atomic mass is 10.1. The third-order valence-corrected chi connectivity index (χ3v) is 7.72. The minimum atomic E-state index is -1.18. The number of pyridine rings is 1. The highest BCUT2D eigenvalue weighted by Crippen LogP contribution is 2.26. The lowest BCUT2D eigenvalue weighted by molar-refractivity contribution is -0.594. The van der Waals surface area contributed by atoms with Gasteiger partial charge in [-0.05, 0) is 66.2 Å². The number of carbonyl (C=O) groups excluding carboxylic acids is 1. The van der Waals surface area contributed by atoms with Crippen LogP contribution in [0.15, 0.2) is 115 Å². The number of benzene rings is 3. The molecule has 0 saturated heterocycles. The molecule has 0 fully saturated rings. The molecular formula is C33H27N3O5S. The number of carbonyl (C=O) groups is 2. The molecule has 6 aromatic rings. The summed E-state index contributed by atoms with van der Waals surface area (Å²) < 4.78 is 3.58. The highest BCUT2D eigenvalue weighted by Gasteiger charge is 2.13. The Balaban J connectivity index is 0.000000211. The summed E-state index contributed by atoms with van der Waals surface area (Å²) in [4.78, 5) is 40.1. The van der Waals surface area contributed by atoms with Gasteiger partial charge < -0.3 is 10.2 Å². The minimum Gasteiger partial charge on any atom is -0.871 e. The number of hydrogen-bond acceptors (Lipinski definition) is 5. The van der Waals surface area contributed by atoms with Gasteiger partial charge in [-0.25, -0.2) is 14.3 Å². The zero-order chi connectivity index (χ0) is 29.6. The van der Waals surface area contributed by atoms with Crippen LogP contribution < -0.4 is 15.2 Å². The van der Waals surface area contributed by atoms with E-state index in [9.17, 15) is 19.5 Å². The van der Waals surface area contributed by atoms with Gasteiger partial charge >= 0.3 is 5.97 Å². The fraction of sp³-hybridized carbons (Fsp3) is 0.0909. The van der Waals surface area contributed by atoms with Crippen molar-refractivity contribution in [1.82, 2.24) is 9.55 Å². The highest BCUT2D eigenvalue weighted by molar-refractivity contribution is 7.14. The van der Waals surface area contributed by atoms with E-state index in [4.69, 9.17) is 5.11 Å². The number of H-pyrrole nitrogens is 1. The number of aromatic nitrogens is 3. The van der Waals surface area contributed by atoms with Gasteiger partial charge in [-0.3, -0.25) is 14.2 Å². The van der Waals surface area contributed by atoms with Crippen molar-refractivity contribution in [1.29, 1.82) is 0 Å². The van der Waals surface area contributed by atoms with E-state index in [0.29, 0.717) is 18.2 Å². The van der Waals surface area contributed by atoms with E-state index in [1.54, 1.807) is 58.5 Å². The van der Waals surface area contributed by atoms with Gasteiger partial charge in [0.15, 0.2) is 5.78 Å². The van der Waals surface area contributed by atoms with Crippen LogP contribution in [0.2, 0.25) is 0 Å². The molecule has 42 heavy (non-hydrogen) atoms. The first-order chi connectivity index (χ1) is 20.3. The first-order valence-electron chi connectivity index (χ1n) is 13.2. The Bertz CT molecular complexity index is 1940. The van der Waals surface area contributed by atoms with Crippen LogP contribution in [0.25, 0.3) is 22.1 Å². The van der Waals surface area contributed by atoms with Crippen LogP contribution in [0.4, 0.5) is 0 Å². The van der Waals surface area contributed by atoms with E-state index in [-0.39, 0.29) is 16.9 Å². The van der Waals surface area contributed by atoms with Crippen LogP contribution in [0.1, 0.15) is 37.0 Å². The lowest BCUT2D eigenvalue weighted by Gasteiger charge is -2.13. The average molecular weight is 578 g/mol. The van der Waals surface area contributed by atoms with Crippen molar-refractivity contribution in [2.24, 2.45) is 0 Å². The van der Waals surface area contributed by atoms with E-state index in [2.05, 4.69) is 4.98 Å². The summed E-state index contributed by atoms with van der Waals surface area (Å²) in [6, 6.07) is 26.7. The summed E-state index contributed by atoms with van der Waals surface area (Å²) in [6.07, 6.45) is 6.77. The summed E-state index contributed by atoms with van der Waals surface area (Å²) in [5.74, 6) is -1.42. The first-order valence-corrected chi connectivity index (χ1v) is 14.0. The summed E-state index contributed by atoms with van der Waals surface area (Å²) in [5, 5.41) is 21.5. The molecule has 3 aromatic heterocycles. The Labute approximate surface area is 245 Å². The lowest BCUT2D eigenvalue weighted by Crippen LogP contribution is -2.27. The molecule has 0 bridgehead atoms. The van der Waals surface area contributed by atoms with E-state index < -0.39 is 11.7 Å². The van der Waals surface area contributed by atoms with Gasteiger partial charge in [-0.15, -0.1) is 11.3 Å². The monoisotopic (exact) mass is 577 g/mol. The van der Waals surface area contributed by atoms with Crippen molar-refractivity contribution in [2.75, 3.05) is 0 Å². The van der Waals surface area contributed by atoms with Crippen LogP contribution in [-0.2, 0) is 6.42 Å². The number of carboxylic acid groups (broad SMARTS) is 1. The third kappa shape index (κ3) is 6.37. The zero-order valence-electron chi connectivity index (χ0n) is 22.7. The van der Waals surface area contributed by atoms with E-state index in [1.165, 1.54) is 6.07 Å². The predicted molar refractivity (Wildman–Crippen MR) is 160 cm³/mol. The molecule has 6 rings (SSSR count). The Hall–Kier alpha value is -5.28. The molecule has 0 saturated carbocycles. The normalized spacial score (nSPS) is 10.7. The van der Waals surface area contributed by atoms with Gasteiger partial charge in [-0.1, -0.05) is 42.1 Å². The number of carboxylic acids is 1. The number of aromatic carboxylic acids is 1. The van der Waals surface area contributed by atoms with Crippen molar-refractivity contribution in [3.05, 3.63) is 141 Å². The molecule has 0 radical (unpaired) electrons. The summed E-state index contributed by atoms with van der Waals surface area (Å²) in [7, 11) is 0. The van der Waals surface area contributed by atoms with Crippen molar-refractivity contribution < 1.29 is 24.4 Å². The Morgan fingerprint density at radius 3 is 2.43 bits per heavy atom. The zero-order valence-corrected chi connectivity index (χ0v) is 23.5. The molecule has 210 valence electrons. The average Bonchev–Trinajstić information content (AvgIpc) is 3.66. The molecule has 3 heterocycles. The maximum Gasteiger partial charge on any atom is 0.335 e. The van der Waals surface area contributed by atoms with E-state index in [0.717, 1.165) is 32.2 Å². The number of fused-ring (bicyclic) bond motifs is 1. The summed E-state index contributed by atoms with van der Waals surface area (Å²) in [6.45, 7) is 2.01. The number of aromatic amines is 1. The number of hydrogen-bond donors (Lipinski definition) is 2. The molecule has 0 spiro atoms. The minimum absolute atomic E-state index is 0.0579. The number of imidazole rings is 1. The van der Waals surface area contributed by atoms with Crippen LogP contribution in [0, 0.1) is 6.92 Å². The van der Waals surface area contributed by atoms with Crippen molar-refractivity contribution in [3.63, 3.8) is 0 Å². The van der Waals surface area contributed by atoms with E-state index >= 15 is 0 Å². The highest BCUT2D eigenvalue weighted by atomic mass is 32.1. The molecule has 0 unspecified atom stereocenters. The largest absolute Gasteiger partial charge is 0.871 e. The van der Waals surface area contributed by atoms with Crippen molar-refractivity contribution in [3.8, 4) is 17.1 Å².